The summed E-state index contributed by atoms with van der Waals surface area (Å²) in [4.78, 5) is 0. The molecule has 2 heterocycles. The van der Waals surface area contributed by atoms with Gasteiger partial charge < -0.3 is 10.3 Å². The summed E-state index contributed by atoms with van der Waals surface area (Å²) in [7, 11) is 0. The van der Waals surface area contributed by atoms with Gasteiger partial charge >= 0.3 is 0 Å². The number of hydrogen-bond donors (Lipinski definition) is 1. The fraction of sp³-hybridized carbons (Fsp3) is 0.0357. The van der Waals surface area contributed by atoms with Gasteiger partial charge in [0.25, 0.3) is 0 Å². The van der Waals surface area contributed by atoms with E-state index in [1.807, 2.05) is 72.9 Å². The molecule has 0 aliphatic rings. The molecular weight excluding hydrogens is 420 g/mol. The van der Waals surface area contributed by atoms with E-state index < -0.39 is 0 Å². The van der Waals surface area contributed by atoms with Crippen LogP contribution in [0.5, 0.6) is 0 Å². The minimum atomic E-state index is 0.185. The van der Waals surface area contributed by atoms with Gasteiger partial charge in [0, 0.05) is 29.2 Å². The van der Waals surface area contributed by atoms with E-state index in [4.69, 9.17) is 5.73 Å². The highest BCUT2D eigenvalue weighted by Crippen LogP contribution is 2.30. The van der Waals surface area contributed by atoms with Crippen molar-refractivity contribution in [1.29, 1.82) is 10.5 Å². The van der Waals surface area contributed by atoms with E-state index in [-0.39, 0.29) is 22.6 Å². The lowest BCUT2D eigenvalue weighted by Crippen LogP contribution is -2.02. The van der Waals surface area contributed by atoms with Crippen molar-refractivity contribution >= 4 is 28.4 Å². The van der Waals surface area contributed by atoms with Crippen LogP contribution < -0.4 is 5.73 Å². The van der Waals surface area contributed by atoms with Gasteiger partial charge in [0.2, 0.25) is 0 Å². The van der Waals surface area contributed by atoms with Gasteiger partial charge in [-0.15, -0.1) is 0 Å². The Morgan fingerprint density at radius 3 is 2.29 bits per heavy atom. The molecule has 0 amide bonds. The molecule has 2 N–H and O–H groups in total. The monoisotopic (exact) mass is 440 g/mol. The van der Waals surface area contributed by atoms with Crippen molar-refractivity contribution in [2.24, 2.45) is 0 Å². The number of nitrogens with two attached hydrogens (primary N) is 1. The first-order valence-electron chi connectivity index (χ1n) is 10.8. The lowest BCUT2D eigenvalue weighted by Gasteiger charge is -2.05. The van der Waals surface area contributed by atoms with Gasteiger partial charge in [-0.25, -0.2) is 4.68 Å². The number of benzene rings is 3. The fourth-order valence-corrected chi connectivity index (χ4v) is 4.11. The Balaban J connectivity index is 1.63. The molecule has 0 unspecified atom stereocenters. The normalized spacial score (nSPS) is 11.3. The van der Waals surface area contributed by atoms with Gasteiger partial charge in [-0.3, -0.25) is 0 Å². The van der Waals surface area contributed by atoms with Crippen LogP contribution in [0, 0.1) is 22.7 Å². The first-order chi connectivity index (χ1) is 16.7. The van der Waals surface area contributed by atoms with Gasteiger partial charge in [0.05, 0.1) is 11.3 Å². The number of rotatable bonds is 5. The maximum atomic E-state index is 10.0. The Bertz CT molecular complexity index is 1590. The topological polar surface area (TPSA) is 96.3 Å². The molecule has 0 saturated heterocycles. The van der Waals surface area contributed by atoms with Crippen LogP contribution in [0.15, 0.2) is 91.1 Å². The highest BCUT2D eigenvalue weighted by atomic mass is 15.3. The maximum Gasteiger partial charge on any atom is 0.145 e. The number of para-hydroxylation sites is 2. The van der Waals surface area contributed by atoms with E-state index in [1.54, 1.807) is 6.08 Å². The number of aromatic nitrogens is 3. The SMILES string of the molecule is N#C/C(=C\c1cn(Cc2ccccc2)c2ccccc12)c1nn(-c2ccccc2)c(N)c1C#N. The number of fused-ring (bicyclic) bond motifs is 1. The number of nitriles is 2. The molecule has 0 radical (unpaired) electrons. The lowest BCUT2D eigenvalue weighted by atomic mass is 10.1. The molecular formula is C28H20N6. The van der Waals surface area contributed by atoms with Gasteiger partial charge in [0.15, 0.2) is 0 Å². The fourth-order valence-electron chi connectivity index (χ4n) is 4.11. The molecule has 2 aromatic heterocycles. The van der Waals surface area contributed by atoms with E-state index in [0.29, 0.717) is 6.54 Å². The molecule has 162 valence electrons. The summed E-state index contributed by atoms with van der Waals surface area (Å²) in [6, 6.07) is 31.9. The van der Waals surface area contributed by atoms with Crippen molar-refractivity contribution in [3.05, 3.63) is 114 Å². The molecule has 34 heavy (non-hydrogen) atoms. The minimum Gasteiger partial charge on any atom is -0.382 e. The summed E-state index contributed by atoms with van der Waals surface area (Å²) >= 11 is 0. The average molecular weight is 441 g/mol. The minimum absolute atomic E-state index is 0.185. The van der Waals surface area contributed by atoms with Crippen LogP contribution in [-0.2, 0) is 6.54 Å². The molecule has 6 nitrogen and oxygen atoms in total. The molecule has 0 spiro atoms. The van der Waals surface area contributed by atoms with Crippen LogP contribution in [0.3, 0.4) is 0 Å². The standard InChI is InChI=1S/C28H20N6/c29-16-21(27-25(17-30)28(31)34(32-27)23-11-5-2-6-12-23)15-22-19-33(18-20-9-3-1-4-10-20)26-14-8-7-13-24(22)26/h1-15,19H,18,31H2/b21-15+. The van der Waals surface area contributed by atoms with Gasteiger partial charge in [-0.05, 0) is 29.8 Å². The number of nitrogen functional groups attached to an aromatic ring is 1. The number of anilines is 1. The molecule has 5 rings (SSSR count). The van der Waals surface area contributed by atoms with Crippen molar-refractivity contribution in [1.82, 2.24) is 14.3 Å². The molecule has 0 saturated carbocycles. The summed E-state index contributed by atoms with van der Waals surface area (Å²) in [5.41, 5.74) is 10.8. The van der Waals surface area contributed by atoms with Crippen LogP contribution >= 0.6 is 0 Å². The lowest BCUT2D eigenvalue weighted by molar-refractivity contribution is 0.836. The second-order valence-corrected chi connectivity index (χ2v) is 7.85. The molecule has 0 aliphatic heterocycles. The molecule has 0 atom stereocenters. The van der Waals surface area contributed by atoms with E-state index in [9.17, 15) is 10.5 Å². The predicted octanol–water partition coefficient (Wildman–Crippen LogP) is 5.39. The second kappa shape index (κ2) is 8.82. The summed E-state index contributed by atoms with van der Waals surface area (Å²) in [5, 5.41) is 25.4. The zero-order valence-corrected chi connectivity index (χ0v) is 18.3. The molecule has 0 fully saturated rings. The highest BCUT2D eigenvalue weighted by molar-refractivity contribution is 5.98. The third kappa shape index (κ3) is 3.70. The van der Waals surface area contributed by atoms with E-state index in [0.717, 1.165) is 22.2 Å². The van der Waals surface area contributed by atoms with Gasteiger partial charge in [-0.2, -0.15) is 15.6 Å². The summed E-state index contributed by atoms with van der Waals surface area (Å²) in [5.74, 6) is 0.205. The predicted molar refractivity (Wildman–Crippen MR) is 134 cm³/mol. The molecule has 6 heteroatoms. The Kier molecular flexibility index (Phi) is 5.40. The molecule has 5 aromatic rings. The van der Waals surface area contributed by atoms with E-state index >= 15 is 0 Å². The largest absolute Gasteiger partial charge is 0.382 e. The van der Waals surface area contributed by atoms with Gasteiger partial charge in [-0.1, -0.05) is 66.7 Å². The zero-order chi connectivity index (χ0) is 23.5. The van der Waals surface area contributed by atoms with E-state index in [2.05, 4.69) is 40.0 Å². The Morgan fingerprint density at radius 1 is 0.912 bits per heavy atom. The quantitative estimate of drug-likeness (QED) is 0.370. The zero-order valence-electron chi connectivity index (χ0n) is 18.3. The Morgan fingerprint density at radius 2 is 1.59 bits per heavy atom. The van der Waals surface area contributed by atoms with Crippen molar-refractivity contribution in [3.63, 3.8) is 0 Å². The third-order valence-electron chi connectivity index (χ3n) is 5.72. The first-order valence-corrected chi connectivity index (χ1v) is 10.8. The van der Waals surface area contributed by atoms with Gasteiger partial charge in [0.1, 0.15) is 29.2 Å². The molecule has 0 bridgehead atoms. The molecule has 0 aliphatic carbocycles. The Labute approximate surface area is 197 Å². The third-order valence-corrected chi connectivity index (χ3v) is 5.72. The van der Waals surface area contributed by atoms with Crippen LogP contribution in [0.25, 0.3) is 28.2 Å². The average Bonchev–Trinajstić information content (AvgIpc) is 3.40. The molecule has 3 aromatic carbocycles. The highest BCUT2D eigenvalue weighted by Gasteiger charge is 2.20. The van der Waals surface area contributed by atoms with Crippen LogP contribution in [-0.4, -0.2) is 14.3 Å². The van der Waals surface area contributed by atoms with Crippen molar-refractivity contribution in [3.8, 4) is 17.8 Å². The number of allylic oxidation sites excluding steroid dienone is 1. The van der Waals surface area contributed by atoms with Crippen LogP contribution in [0.1, 0.15) is 22.4 Å². The number of hydrogen-bond acceptors (Lipinski definition) is 4. The first kappa shape index (κ1) is 20.8. The Hall–Kier alpha value is -5.07. The van der Waals surface area contributed by atoms with Crippen molar-refractivity contribution < 1.29 is 0 Å². The van der Waals surface area contributed by atoms with Crippen molar-refractivity contribution in [2.45, 2.75) is 6.54 Å². The second-order valence-electron chi connectivity index (χ2n) is 7.85. The maximum absolute atomic E-state index is 10.0. The van der Waals surface area contributed by atoms with Crippen LogP contribution in [0.2, 0.25) is 0 Å². The summed E-state index contributed by atoms with van der Waals surface area (Å²) in [6.45, 7) is 0.704. The van der Waals surface area contributed by atoms with Crippen molar-refractivity contribution in [2.75, 3.05) is 5.73 Å². The summed E-state index contributed by atoms with van der Waals surface area (Å²) < 4.78 is 3.66. The number of nitrogens with zero attached hydrogens (tertiary/aromatic N) is 5. The smallest absolute Gasteiger partial charge is 0.145 e. The van der Waals surface area contributed by atoms with Crippen LogP contribution in [0.4, 0.5) is 5.82 Å². The summed E-state index contributed by atoms with van der Waals surface area (Å²) in [6.07, 6.45) is 3.81. The van der Waals surface area contributed by atoms with E-state index in [1.165, 1.54) is 10.2 Å².